The van der Waals surface area contributed by atoms with Gasteiger partial charge in [0.25, 0.3) is 0 Å². The van der Waals surface area contributed by atoms with Crippen LogP contribution in [0.3, 0.4) is 0 Å². The Labute approximate surface area is 108 Å². The number of carboxylic acids is 1. The van der Waals surface area contributed by atoms with Crippen molar-refractivity contribution in [2.24, 2.45) is 0 Å². The summed E-state index contributed by atoms with van der Waals surface area (Å²) in [6, 6.07) is 0.409. The SMILES string of the molecule is CC(CCC(=O)O)NC(=O)CCC1CCCCN1. The van der Waals surface area contributed by atoms with E-state index in [4.69, 9.17) is 5.11 Å². The fraction of sp³-hybridized carbons (Fsp3) is 0.846. The minimum atomic E-state index is -0.817. The van der Waals surface area contributed by atoms with E-state index >= 15 is 0 Å². The summed E-state index contributed by atoms with van der Waals surface area (Å²) in [5.74, 6) is -0.789. The second-order valence-electron chi connectivity index (χ2n) is 5.09. The highest BCUT2D eigenvalue weighted by Gasteiger charge is 2.15. The van der Waals surface area contributed by atoms with E-state index in [1.54, 1.807) is 0 Å². The number of amides is 1. The average Bonchev–Trinajstić information content (AvgIpc) is 2.35. The molecule has 1 aliphatic rings. The summed E-state index contributed by atoms with van der Waals surface area (Å²) in [5.41, 5.74) is 0. The van der Waals surface area contributed by atoms with Gasteiger partial charge in [0.05, 0.1) is 0 Å². The molecular weight excluding hydrogens is 232 g/mol. The number of rotatable bonds is 7. The highest BCUT2D eigenvalue weighted by Crippen LogP contribution is 2.11. The van der Waals surface area contributed by atoms with E-state index < -0.39 is 5.97 Å². The fourth-order valence-corrected chi connectivity index (χ4v) is 2.23. The van der Waals surface area contributed by atoms with E-state index in [1.807, 2.05) is 6.92 Å². The maximum Gasteiger partial charge on any atom is 0.303 e. The predicted molar refractivity (Wildman–Crippen MR) is 69.4 cm³/mol. The highest BCUT2D eigenvalue weighted by molar-refractivity contribution is 5.76. The Morgan fingerprint density at radius 2 is 2.17 bits per heavy atom. The zero-order valence-electron chi connectivity index (χ0n) is 11.1. The number of nitrogens with one attached hydrogen (secondary N) is 2. The van der Waals surface area contributed by atoms with Crippen LogP contribution in [0, 0.1) is 0 Å². The lowest BCUT2D eigenvalue weighted by atomic mass is 10.0. The van der Waals surface area contributed by atoms with E-state index in [9.17, 15) is 9.59 Å². The van der Waals surface area contributed by atoms with E-state index in [-0.39, 0.29) is 18.4 Å². The van der Waals surface area contributed by atoms with Crippen LogP contribution < -0.4 is 10.6 Å². The van der Waals surface area contributed by atoms with Crippen molar-refractivity contribution in [3.63, 3.8) is 0 Å². The number of aliphatic carboxylic acids is 1. The van der Waals surface area contributed by atoms with Gasteiger partial charge in [0.15, 0.2) is 0 Å². The molecule has 0 bridgehead atoms. The van der Waals surface area contributed by atoms with Crippen molar-refractivity contribution < 1.29 is 14.7 Å². The van der Waals surface area contributed by atoms with Gasteiger partial charge < -0.3 is 15.7 Å². The van der Waals surface area contributed by atoms with E-state index in [2.05, 4.69) is 10.6 Å². The lowest BCUT2D eigenvalue weighted by Crippen LogP contribution is -2.37. The molecule has 2 atom stereocenters. The van der Waals surface area contributed by atoms with Crippen LogP contribution in [0.2, 0.25) is 0 Å². The Kier molecular flexibility index (Phi) is 6.72. The monoisotopic (exact) mass is 256 g/mol. The lowest BCUT2D eigenvalue weighted by Gasteiger charge is -2.23. The van der Waals surface area contributed by atoms with E-state index in [1.165, 1.54) is 12.8 Å². The zero-order valence-corrected chi connectivity index (χ0v) is 11.1. The van der Waals surface area contributed by atoms with Crippen molar-refractivity contribution in [2.45, 2.75) is 64.0 Å². The summed E-state index contributed by atoms with van der Waals surface area (Å²) in [4.78, 5) is 22.1. The largest absolute Gasteiger partial charge is 0.481 e. The van der Waals surface area contributed by atoms with Crippen LogP contribution in [0.5, 0.6) is 0 Å². The molecule has 0 spiro atoms. The first-order chi connectivity index (χ1) is 8.58. The molecule has 5 nitrogen and oxygen atoms in total. The van der Waals surface area contributed by atoms with Crippen LogP contribution >= 0.6 is 0 Å². The topological polar surface area (TPSA) is 78.4 Å². The summed E-state index contributed by atoms with van der Waals surface area (Å²) in [5, 5.41) is 14.8. The number of piperidine rings is 1. The molecule has 2 unspecified atom stereocenters. The molecule has 1 fully saturated rings. The number of carbonyl (C=O) groups is 2. The van der Waals surface area contributed by atoms with E-state index in [0.717, 1.165) is 19.4 Å². The molecule has 0 aromatic heterocycles. The zero-order chi connectivity index (χ0) is 13.4. The van der Waals surface area contributed by atoms with Crippen molar-refractivity contribution >= 4 is 11.9 Å². The van der Waals surface area contributed by atoms with Crippen LogP contribution in [0.4, 0.5) is 0 Å². The normalized spacial score (nSPS) is 21.3. The van der Waals surface area contributed by atoms with Crippen LogP contribution in [0.25, 0.3) is 0 Å². The molecule has 0 radical (unpaired) electrons. The average molecular weight is 256 g/mol. The molecule has 0 aliphatic carbocycles. The van der Waals surface area contributed by atoms with Crippen LogP contribution in [0.1, 0.15) is 51.9 Å². The van der Waals surface area contributed by atoms with Gasteiger partial charge in [-0.05, 0) is 39.2 Å². The van der Waals surface area contributed by atoms with Crippen LogP contribution in [0.15, 0.2) is 0 Å². The highest BCUT2D eigenvalue weighted by atomic mass is 16.4. The summed E-state index contributed by atoms with van der Waals surface area (Å²) < 4.78 is 0. The Balaban J connectivity index is 2.10. The third-order valence-electron chi connectivity index (χ3n) is 3.33. The number of hydrogen-bond acceptors (Lipinski definition) is 3. The third kappa shape index (κ3) is 6.59. The first kappa shape index (κ1) is 15.0. The summed E-state index contributed by atoms with van der Waals surface area (Å²) in [6.45, 7) is 2.90. The molecule has 0 aromatic rings. The standard InChI is InChI=1S/C13H24N2O3/c1-10(5-8-13(17)18)15-12(16)7-6-11-4-2-3-9-14-11/h10-11,14H,2-9H2,1H3,(H,15,16)(H,17,18). The maximum absolute atomic E-state index is 11.7. The van der Waals surface area contributed by atoms with Gasteiger partial charge in [-0.15, -0.1) is 0 Å². The van der Waals surface area contributed by atoms with Gasteiger partial charge in [-0.1, -0.05) is 6.42 Å². The molecule has 1 rings (SSSR count). The van der Waals surface area contributed by atoms with Gasteiger partial charge >= 0.3 is 5.97 Å². The van der Waals surface area contributed by atoms with Crippen molar-refractivity contribution in [1.82, 2.24) is 10.6 Å². The fourth-order valence-electron chi connectivity index (χ4n) is 2.23. The second kappa shape index (κ2) is 8.08. The molecule has 3 N–H and O–H groups in total. The molecule has 1 saturated heterocycles. The summed E-state index contributed by atoms with van der Waals surface area (Å²) >= 11 is 0. The Bertz CT molecular complexity index is 275. The molecular formula is C13H24N2O3. The Hall–Kier alpha value is -1.10. The smallest absolute Gasteiger partial charge is 0.303 e. The minimum absolute atomic E-state index is 0.0280. The molecule has 104 valence electrons. The molecule has 18 heavy (non-hydrogen) atoms. The molecule has 0 saturated carbocycles. The van der Waals surface area contributed by atoms with Gasteiger partial charge in [0.1, 0.15) is 0 Å². The molecule has 1 aliphatic heterocycles. The van der Waals surface area contributed by atoms with Crippen molar-refractivity contribution in [2.75, 3.05) is 6.54 Å². The first-order valence-electron chi connectivity index (χ1n) is 6.82. The first-order valence-corrected chi connectivity index (χ1v) is 6.82. The Morgan fingerprint density at radius 3 is 2.78 bits per heavy atom. The molecule has 1 heterocycles. The summed E-state index contributed by atoms with van der Waals surface area (Å²) in [7, 11) is 0. The van der Waals surface area contributed by atoms with Crippen LogP contribution in [-0.2, 0) is 9.59 Å². The number of carbonyl (C=O) groups excluding carboxylic acids is 1. The van der Waals surface area contributed by atoms with Gasteiger partial charge in [0, 0.05) is 24.9 Å². The van der Waals surface area contributed by atoms with Crippen molar-refractivity contribution in [3.05, 3.63) is 0 Å². The van der Waals surface area contributed by atoms with Crippen LogP contribution in [-0.4, -0.2) is 35.6 Å². The van der Waals surface area contributed by atoms with Crippen molar-refractivity contribution in [3.8, 4) is 0 Å². The third-order valence-corrected chi connectivity index (χ3v) is 3.33. The number of hydrogen-bond donors (Lipinski definition) is 3. The molecule has 5 heteroatoms. The van der Waals surface area contributed by atoms with Gasteiger partial charge in [-0.3, -0.25) is 9.59 Å². The predicted octanol–water partition coefficient (Wildman–Crippen LogP) is 1.28. The lowest BCUT2D eigenvalue weighted by molar-refractivity contribution is -0.137. The molecule has 1 amide bonds. The maximum atomic E-state index is 11.7. The quantitative estimate of drug-likeness (QED) is 0.641. The van der Waals surface area contributed by atoms with Gasteiger partial charge in [-0.2, -0.15) is 0 Å². The van der Waals surface area contributed by atoms with E-state index in [0.29, 0.717) is 18.9 Å². The van der Waals surface area contributed by atoms with Crippen molar-refractivity contribution in [1.29, 1.82) is 0 Å². The Morgan fingerprint density at radius 1 is 1.39 bits per heavy atom. The second-order valence-corrected chi connectivity index (χ2v) is 5.09. The number of carboxylic acid groups (broad SMARTS) is 1. The minimum Gasteiger partial charge on any atom is -0.481 e. The van der Waals surface area contributed by atoms with Gasteiger partial charge in [-0.25, -0.2) is 0 Å². The molecule has 0 aromatic carbocycles. The summed E-state index contributed by atoms with van der Waals surface area (Å²) in [6.07, 6.45) is 5.62. The van der Waals surface area contributed by atoms with Gasteiger partial charge in [0.2, 0.25) is 5.91 Å².